The second kappa shape index (κ2) is 9.24. The number of hydrogen-bond donors (Lipinski definition) is 1. The number of nitrogens with two attached hydrogens (primary N) is 1. The number of benzene rings is 3. The molecule has 3 aromatic carbocycles. The van der Waals surface area contributed by atoms with Gasteiger partial charge in [-0.1, -0.05) is 41.4 Å². The van der Waals surface area contributed by atoms with Gasteiger partial charge in [-0.25, -0.2) is 18.8 Å². The number of hydrogen-bond acceptors (Lipinski definition) is 3. The Hall–Kier alpha value is -3.64. The average molecular weight is 449 g/mol. The Labute approximate surface area is 189 Å². The molecule has 1 heterocycles. The van der Waals surface area contributed by atoms with E-state index in [1.807, 2.05) is 31.2 Å². The van der Waals surface area contributed by atoms with Crippen LogP contribution in [0.5, 0.6) is 0 Å². The van der Waals surface area contributed by atoms with Crippen LogP contribution in [0.4, 0.5) is 14.5 Å². The number of fused-ring (bicyclic) bond motifs is 1. The third-order valence-electron chi connectivity index (χ3n) is 4.99. The summed E-state index contributed by atoms with van der Waals surface area (Å²) in [6.45, 7) is 2.08. The van der Waals surface area contributed by atoms with E-state index in [2.05, 4.69) is 9.98 Å². The van der Waals surface area contributed by atoms with Crippen LogP contribution in [0, 0.1) is 18.6 Å². The summed E-state index contributed by atoms with van der Waals surface area (Å²) in [7, 11) is 0. The number of aryl methyl sites for hydroxylation is 1. The van der Waals surface area contributed by atoms with Crippen LogP contribution in [0.15, 0.2) is 87.4 Å². The van der Waals surface area contributed by atoms with Crippen molar-refractivity contribution in [1.82, 2.24) is 0 Å². The summed E-state index contributed by atoms with van der Waals surface area (Å²) < 4.78 is 29.4. The lowest BCUT2D eigenvalue weighted by Crippen LogP contribution is -2.13. The van der Waals surface area contributed by atoms with E-state index in [4.69, 9.17) is 22.3 Å². The van der Waals surface area contributed by atoms with E-state index in [0.29, 0.717) is 27.4 Å². The molecule has 3 aromatic rings. The third-order valence-corrected chi connectivity index (χ3v) is 5.23. The monoisotopic (exact) mass is 448 g/mol. The third kappa shape index (κ3) is 4.36. The van der Waals surface area contributed by atoms with Crippen molar-refractivity contribution in [3.63, 3.8) is 0 Å². The van der Waals surface area contributed by atoms with Crippen LogP contribution in [0.1, 0.15) is 22.3 Å². The molecule has 0 aliphatic carbocycles. The van der Waals surface area contributed by atoms with Crippen molar-refractivity contribution in [2.75, 3.05) is 6.54 Å². The Kier molecular flexibility index (Phi) is 6.23. The predicted molar refractivity (Wildman–Crippen MR) is 126 cm³/mol. The zero-order chi connectivity index (χ0) is 22.7. The van der Waals surface area contributed by atoms with E-state index < -0.39 is 11.6 Å². The van der Waals surface area contributed by atoms with Gasteiger partial charge in [0.25, 0.3) is 0 Å². The lowest BCUT2D eigenvalue weighted by Gasteiger charge is -2.13. The maximum absolute atomic E-state index is 14.7. The summed E-state index contributed by atoms with van der Waals surface area (Å²) in [4.78, 5) is 13.4. The maximum atomic E-state index is 14.7. The van der Waals surface area contributed by atoms with E-state index >= 15 is 0 Å². The van der Waals surface area contributed by atoms with Crippen LogP contribution in [0.3, 0.4) is 0 Å². The number of halogens is 3. The number of aliphatic imine (C=N–C) groups is 3. The fraction of sp³-hybridized carbons (Fsp3) is 0.0800. The number of nitrogens with zero attached hydrogens (tertiary/aromatic N) is 3. The molecule has 0 atom stereocenters. The molecule has 4 nitrogen and oxygen atoms in total. The molecule has 4 rings (SSSR count). The molecule has 0 saturated heterocycles. The highest BCUT2D eigenvalue weighted by molar-refractivity contribution is 6.32. The van der Waals surface area contributed by atoms with E-state index in [0.717, 1.165) is 17.6 Å². The van der Waals surface area contributed by atoms with Crippen LogP contribution in [-0.4, -0.2) is 24.3 Å². The van der Waals surface area contributed by atoms with Crippen molar-refractivity contribution in [3.05, 3.63) is 111 Å². The molecule has 2 N–H and O–H groups in total. The molecule has 1 aliphatic rings. The Morgan fingerprint density at radius 3 is 2.41 bits per heavy atom. The van der Waals surface area contributed by atoms with E-state index in [-0.39, 0.29) is 17.8 Å². The van der Waals surface area contributed by atoms with Gasteiger partial charge in [0.1, 0.15) is 11.6 Å². The van der Waals surface area contributed by atoms with Gasteiger partial charge in [-0.3, -0.25) is 4.99 Å². The first kappa shape index (κ1) is 21.6. The highest BCUT2D eigenvalue weighted by Crippen LogP contribution is 2.30. The first-order valence-corrected chi connectivity index (χ1v) is 10.2. The van der Waals surface area contributed by atoms with Gasteiger partial charge in [-0.05, 0) is 43.3 Å². The summed E-state index contributed by atoms with van der Waals surface area (Å²) in [5, 5.41) is 0.412. The van der Waals surface area contributed by atoms with Crippen molar-refractivity contribution in [3.8, 4) is 0 Å². The maximum Gasteiger partial charge on any atom is 0.135 e. The molecule has 0 saturated carbocycles. The molecular weight excluding hydrogens is 430 g/mol. The molecule has 1 aliphatic heterocycles. The second-order valence-corrected chi connectivity index (χ2v) is 7.64. The van der Waals surface area contributed by atoms with Gasteiger partial charge in [-0.15, -0.1) is 0 Å². The molecule has 0 spiro atoms. The van der Waals surface area contributed by atoms with E-state index in [1.165, 1.54) is 18.2 Å². The van der Waals surface area contributed by atoms with Crippen LogP contribution in [0.2, 0.25) is 5.02 Å². The zero-order valence-corrected chi connectivity index (χ0v) is 17.9. The Morgan fingerprint density at radius 2 is 1.72 bits per heavy atom. The molecule has 32 heavy (non-hydrogen) atoms. The smallest absolute Gasteiger partial charge is 0.135 e. The molecule has 0 amide bonds. The molecule has 0 unspecified atom stereocenters. The molecule has 160 valence electrons. The minimum atomic E-state index is -0.709. The molecule has 7 heteroatoms. The quantitative estimate of drug-likeness (QED) is 0.401. The first-order chi connectivity index (χ1) is 15.5. The fourth-order valence-electron chi connectivity index (χ4n) is 3.47. The lowest BCUT2D eigenvalue weighted by atomic mass is 9.93. The Morgan fingerprint density at radius 1 is 1.00 bits per heavy atom. The van der Waals surface area contributed by atoms with Gasteiger partial charge < -0.3 is 5.73 Å². The molecule has 0 aromatic heterocycles. The van der Waals surface area contributed by atoms with Crippen molar-refractivity contribution in [2.45, 2.75) is 6.92 Å². The van der Waals surface area contributed by atoms with Crippen LogP contribution in [0.25, 0.3) is 0 Å². The zero-order valence-electron chi connectivity index (χ0n) is 17.2. The minimum Gasteiger partial charge on any atom is -0.390 e. The lowest BCUT2D eigenvalue weighted by molar-refractivity contribution is 0.579. The van der Waals surface area contributed by atoms with Crippen LogP contribution in [-0.2, 0) is 0 Å². The normalized spacial score (nSPS) is 16.3. The Bertz CT molecular complexity index is 1270. The van der Waals surface area contributed by atoms with Gasteiger partial charge in [0.05, 0.1) is 35.6 Å². The van der Waals surface area contributed by atoms with Gasteiger partial charge >= 0.3 is 0 Å². The second-order valence-electron chi connectivity index (χ2n) is 7.20. The summed E-state index contributed by atoms with van der Waals surface area (Å²) in [6.07, 6.45) is 2.71. The fourth-order valence-corrected chi connectivity index (χ4v) is 3.64. The topological polar surface area (TPSA) is 63.1 Å². The van der Waals surface area contributed by atoms with E-state index in [9.17, 15) is 8.78 Å². The van der Waals surface area contributed by atoms with Gasteiger partial charge in [-0.2, -0.15) is 0 Å². The Balaban J connectivity index is 2.01. The summed E-state index contributed by atoms with van der Waals surface area (Å²) in [6, 6.07) is 16.5. The van der Waals surface area contributed by atoms with Crippen molar-refractivity contribution >= 4 is 35.1 Å². The molecule has 0 bridgehead atoms. The van der Waals surface area contributed by atoms with Crippen molar-refractivity contribution < 1.29 is 8.78 Å². The van der Waals surface area contributed by atoms with Crippen molar-refractivity contribution in [2.24, 2.45) is 20.7 Å². The summed E-state index contributed by atoms with van der Waals surface area (Å²) in [5.74, 6) is -1.42. The predicted octanol–water partition coefficient (Wildman–Crippen LogP) is 5.77. The van der Waals surface area contributed by atoms with Gasteiger partial charge in [0.15, 0.2) is 0 Å². The standard InChI is InChI=1S/C25H19ClF2N4/c1-15-5-8-18(9-6-15)32-24-16(12-30-14-29)13-31-25(20-11-17(26)7-10-19(20)24)23-21(27)3-2-4-22(23)28/h2-12,14H,13H2,1H3,(H2,29,30)/b16-12-,32-24?. The number of rotatable bonds is 3. The highest BCUT2D eigenvalue weighted by Gasteiger charge is 2.26. The first-order valence-electron chi connectivity index (χ1n) is 9.85. The van der Waals surface area contributed by atoms with E-state index in [1.54, 1.807) is 24.4 Å². The minimum absolute atomic E-state index is 0.0947. The SMILES string of the molecule is Cc1ccc(N=C2/C(=C\N=CN)CN=C(c3c(F)cccc3F)c3cc(Cl)ccc32)cc1. The summed E-state index contributed by atoms with van der Waals surface area (Å²) in [5.41, 5.74) is 9.54. The summed E-state index contributed by atoms with van der Waals surface area (Å²) >= 11 is 6.27. The van der Waals surface area contributed by atoms with Gasteiger partial charge in [0, 0.05) is 27.9 Å². The van der Waals surface area contributed by atoms with Crippen LogP contribution < -0.4 is 5.73 Å². The molecular formula is C25H19ClF2N4. The molecule has 0 fully saturated rings. The molecule has 0 radical (unpaired) electrons. The van der Waals surface area contributed by atoms with Crippen molar-refractivity contribution in [1.29, 1.82) is 0 Å². The highest BCUT2D eigenvalue weighted by atomic mass is 35.5. The van der Waals surface area contributed by atoms with Crippen LogP contribution >= 0.6 is 11.6 Å². The largest absolute Gasteiger partial charge is 0.390 e. The average Bonchev–Trinajstić information content (AvgIpc) is 2.91. The van der Waals surface area contributed by atoms with Gasteiger partial charge in [0.2, 0.25) is 0 Å².